The topological polar surface area (TPSA) is 78.7 Å². The van der Waals surface area contributed by atoms with Gasteiger partial charge in [-0.25, -0.2) is 4.79 Å². The minimum Gasteiger partial charge on any atom is -0.490 e. The van der Waals surface area contributed by atoms with Crippen molar-refractivity contribution in [1.82, 2.24) is 0 Å². The predicted octanol–water partition coefficient (Wildman–Crippen LogP) is 3.58. The van der Waals surface area contributed by atoms with Gasteiger partial charge in [0.15, 0.2) is 5.75 Å². The molecule has 0 aliphatic carbocycles. The third kappa shape index (κ3) is 3.03. The Labute approximate surface area is 137 Å². The predicted molar refractivity (Wildman–Crippen MR) is 88.1 cm³/mol. The van der Waals surface area contributed by atoms with Crippen molar-refractivity contribution in [2.75, 3.05) is 7.11 Å². The van der Waals surface area contributed by atoms with Crippen LogP contribution in [-0.2, 0) is 9.53 Å². The summed E-state index contributed by atoms with van der Waals surface area (Å²) in [7, 11) is 1.36. The summed E-state index contributed by atoms with van der Waals surface area (Å²) >= 11 is 0. The molecule has 120 valence electrons. The average Bonchev–Trinajstić information content (AvgIpc) is 2.96. The summed E-state index contributed by atoms with van der Waals surface area (Å²) in [6.45, 7) is 0. The number of carbonyl (C=O) groups excluding carboxylic acids is 1. The van der Waals surface area contributed by atoms with E-state index in [1.807, 2.05) is 30.3 Å². The number of carbonyl (C=O) groups is 1. The van der Waals surface area contributed by atoms with Crippen LogP contribution in [0.3, 0.4) is 0 Å². The van der Waals surface area contributed by atoms with Crippen molar-refractivity contribution in [1.29, 1.82) is 0 Å². The highest BCUT2D eigenvalue weighted by Crippen LogP contribution is 2.31. The molecule has 0 atom stereocenters. The molecule has 0 radical (unpaired) electrons. The van der Waals surface area contributed by atoms with E-state index >= 15 is 0 Å². The number of esters is 1. The molecular formula is C18H13NO5. The van der Waals surface area contributed by atoms with Crippen LogP contribution in [0.1, 0.15) is 11.1 Å². The summed E-state index contributed by atoms with van der Waals surface area (Å²) in [6.07, 6.45) is 3.17. The van der Waals surface area contributed by atoms with Gasteiger partial charge in [-0.3, -0.25) is 10.1 Å². The maximum absolute atomic E-state index is 12.0. The number of benzene rings is 2. The lowest BCUT2D eigenvalue weighted by Gasteiger charge is -2.02. The number of cyclic esters (lactones) is 1. The van der Waals surface area contributed by atoms with E-state index < -0.39 is 10.9 Å². The molecule has 6 heteroatoms. The fraction of sp³-hybridized carbons (Fsp3) is 0.0556. The van der Waals surface area contributed by atoms with E-state index in [4.69, 9.17) is 9.47 Å². The fourth-order valence-corrected chi connectivity index (χ4v) is 2.35. The third-order valence-corrected chi connectivity index (χ3v) is 3.51. The molecule has 1 aliphatic heterocycles. The van der Waals surface area contributed by atoms with E-state index in [1.165, 1.54) is 19.2 Å². The summed E-state index contributed by atoms with van der Waals surface area (Å²) in [5, 5.41) is 11.1. The van der Waals surface area contributed by atoms with Crippen LogP contribution in [0.5, 0.6) is 5.75 Å². The summed E-state index contributed by atoms with van der Waals surface area (Å²) in [5.41, 5.74) is 1.47. The van der Waals surface area contributed by atoms with E-state index in [9.17, 15) is 14.9 Å². The molecule has 1 heterocycles. The maximum atomic E-state index is 12.0. The first-order valence-electron chi connectivity index (χ1n) is 7.12. The van der Waals surface area contributed by atoms with Gasteiger partial charge in [0, 0.05) is 11.6 Å². The van der Waals surface area contributed by atoms with Gasteiger partial charge in [-0.05, 0) is 23.8 Å². The molecule has 0 saturated carbocycles. The Bertz CT molecular complexity index is 868. The van der Waals surface area contributed by atoms with Crippen LogP contribution in [-0.4, -0.2) is 18.0 Å². The Balaban J connectivity index is 1.97. The number of ether oxygens (including phenoxy) is 2. The van der Waals surface area contributed by atoms with Crippen LogP contribution < -0.4 is 4.74 Å². The summed E-state index contributed by atoms with van der Waals surface area (Å²) in [5.74, 6) is 0.124. The lowest BCUT2D eigenvalue weighted by molar-refractivity contribution is -0.385. The summed E-state index contributed by atoms with van der Waals surface area (Å²) in [6, 6.07) is 13.7. The molecule has 3 rings (SSSR count). The Kier molecular flexibility index (Phi) is 4.11. The molecule has 0 saturated heterocycles. The molecule has 2 aromatic rings. The van der Waals surface area contributed by atoms with Gasteiger partial charge >= 0.3 is 11.7 Å². The highest BCUT2D eigenvalue weighted by molar-refractivity contribution is 6.05. The fourth-order valence-electron chi connectivity index (χ4n) is 2.35. The van der Waals surface area contributed by atoms with Gasteiger partial charge in [-0.1, -0.05) is 36.4 Å². The first-order chi connectivity index (χ1) is 11.6. The van der Waals surface area contributed by atoms with Crippen LogP contribution in [0.2, 0.25) is 0 Å². The van der Waals surface area contributed by atoms with Crippen LogP contribution in [0.15, 0.2) is 60.2 Å². The van der Waals surface area contributed by atoms with Gasteiger partial charge in [0.05, 0.1) is 17.6 Å². The normalized spacial score (nSPS) is 15.1. The lowest BCUT2D eigenvalue weighted by Crippen LogP contribution is -1.97. The number of nitro benzene ring substituents is 1. The first kappa shape index (κ1) is 15.5. The van der Waals surface area contributed by atoms with Gasteiger partial charge in [0.25, 0.3) is 0 Å². The first-order valence-corrected chi connectivity index (χ1v) is 7.12. The zero-order valence-electron chi connectivity index (χ0n) is 12.8. The summed E-state index contributed by atoms with van der Waals surface area (Å²) in [4.78, 5) is 22.5. The zero-order valence-corrected chi connectivity index (χ0v) is 12.8. The number of nitro groups is 1. The largest absolute Gasteiger partial charge is 0.490 e. The minimum atomic E-state index is -0.529. The Hall–Kier alpha value is -3.41. The molecule has 6 nitrogen and oxygen atoms in total. The van der Waals surface area contributed by atoms with Crippen molar-refractivity contribution in [2.45, 2.75) is 0 Å². The van der Waals surface area contributed by atoms with Crippen LogP contribution in [0.4, 0.5) is 5.69 Å². The molecule has 0 unspecified atom stereocenters. The number of hydrogen-bond donors (Lipinski definition) is 0. The molecule has 0 spiro atoms. The number of rotatable bonds is 4. The molecule has 2 aromatic carbocycles. The smallest absolute Gasteiger partial charge is 0.343 e. The molecule has 0 fully saturated rings. The molecule has 0 aromatic heterocycles. The number of methoxy groups -OCH3 is 1. The van der Waals surface area contributed by atoms with Gasteiger partial charge in [0.1, 0.15) is 5.76 Å². The van der Waals surface area contributed by atoms with Crippen LogP contribution in [0, 0.1) is 10.1 Å². The van der Waals surface area contributed by atoms with E-state index in [1.54, 1.807) is 18.2 Å². The van der Waals surface area contributed by atoms with Gasteiger partial charge in [-0.15, -0.1) is 0 Å². The SMILES string of the molecule is COc1ccc(C=C2C=C(c3ccccc3)OC2=O)cc1[N+](=O)[O-]. The zero-order chi connectivity index (χ0) is 17.1. The van der Waals surface area contributed by atoms with Gasteiger partial charge in [-0.2, -0.15) is 0 Å². The molecule has 0 N–H and O–H groups in total. The van der Waals surface area contributed by atoms with Gasteiger partial charge < -0.3 is 9.47 Å². The average molecular weight is 323 g/mol. The Morgan fingerprint density at radius 1 is 1.17 bits per heavy atom. The van der Waals surface area contributed by atoms with Crippen molar-refractivity contribution in [3.05, 3.63) is 81.4 Å². The van der Waals surface area contributed by atoms with Crippen molar-refractivity contribution >= 4 is 23.5 Å². The highest BCUT2D eigenvalue weighted by atomic mass is 16.6. The lowest BCUT2D eigenvalue weighted by atomic mass is 10.1. The highest BCUT2D eigenvalue weighted by Gasteiger charge is 2.22. The van der Waals surface area contributed by atoms with Crippen LogP contribution in [0.25, 0.3) is 11.8 Å². The molecule has 0 bridgehead atoms. The monoisotopic (exact) mass is 323 g/mol. The molecule has 24 heavy (non-hydrogen) atoms. The third-order valence-electron chi connectivity index (χ3n) is 3.51. The van der Waals surface area contributed by atoms with E-state index in [0.717, 1.165) is 5.56 Å². The van der Waals surface area contributed by atoms with Crippen molar-refractivity contribution in [3.8, 4) is 5.75 Å². The molecule has 1 aliphatic rings. The van der Waals surface area contributed by atoms with E-state index in [-0.39, 0.29) is 11.4 Å². The number of nitrogens with zero attached hydrogens (tertiary/aromatic N) is 1. The standard InChI is InChI=1S/C18H13NO5/c1-23-16-8-7-12(10-15(16)19(21)22)9-14-11-17(24-18(14)20)13-5-3-2-4-6-13/h2-11H,1H3. The van der Waals surface area contributed by atoms with Gasteiger partial charge in [0.2, 0.25) is 0 Å². The second kappa shape index (κ2) is 6.37. The van der Waals surface area contributed by atoms with Crippen molar-refractivity contribution in [3.63, 3.8) is 0 Å². The van der Waals surface area contributed by atoms with Crippen molar-refractivity contribution < 1.29 is 19.2 Å². The van der Waals surface area contributed by atoms with Crippen LogP contribution >= 0.6 is 0 Å². The molecule has 0 amide bonds. The van der Waals surface area contributed by atoms with Crippen molar-refractivity contribution in [2.24, 2.45) is 0 Å². The second-order valence-corrected chi connectivity index (χ2v) is 5.05. The Morgan fingerprint density at radius 2 is 1.92 bits per heavy atom. The maximum Gasteiger partial charge on any atom is 0.343 e. The summed E-state index contributed by atoms with van der Waals surface area (Å²) < 4.78 is 10.2. The second-order valence-electron chi connectivity index (χ2n) is 5.05. The minimum absolute atomic E-state index is 0.162. The number of hydrogen-bond acceptors (Lipinski definition) is 5. The van der Waals surface area contributed by atoms with E-state index in [2.05, 4.69) is 0 Å². The molecular weight excluding hydrogens is 310 g/mol. The Morgan fingerprint density at radius 3 is 2.58 bits per heavy atom. The quantitative estimate of drug-likeness (QED) is 0.372. The van der Waals surface area contributed by atoms with E-state index in [0.29, 0.717) is 16.9 Å².